The molecule has 1 saturated heterocycles. The highest BCUT2D eigenvalue weighted by molar-refractivity contribution is 7.12. The van der Waals surface area contributed by atoms with Crippen LogP contribution in [0.15, 0.2) is 53.9 Å². The van der Waals surface area contributed by atoms with Gasteiger partial charge in [0.25, 0.3) is 0 Å². The standard InChI is InChI=1S/C26H29FN2O5S/c1-17-3-8-23(28-26(31)34-25-18(2)10-12-35-25)24(13-17)32-16-20(30)14-29-11-9-22(15-29)33-21-6-4-19(27)5-7-21/h3-8,10,12-13,20,22,30H,9,11,14-16H2,1-2H3,(H,28,31). The van der Waals surface area contributed by atoms with Gasteiger partial charge in [0.15, 0.2) is 5.06 Å². The van der Waals surface area contributed by atoms with E-state index in [0.29, 0.717) is 35.3 Å². The van der Waals surface area contributed by atoms with Crippen molar-refractivity contribution in [1.29, 1.82) is 0 Å². The first kappa shape index (κ1) is 25.0. The Hall–Kier alpha value is -3.14. The van der Waals surface area contributed by atoms with Gasteiger partial charge in [0.05, 0.1) is 5.69 Å². The Balaban J connectivity index is 1.26. The topological polar surface area (TPSA) is 80.3 Å². The van der Waals surface area contributed by atoms with E-state index in [1.54, 1.807) is 24.3 Å². The highest BCUT2D eigenvalue weighted by Gasteiger charge is 2.26. The van der Waals surface area contributed by atoms with Gasteiger partial charge in [0, 0.05) is 25.2 Å². The van der Waals surface area contributed by atoms with Crippen LogP contribution in [0.2, 0.25) is 0 Å². The van der Waals surface area contributed by atoms with Crippen molar-refractivity contribution in [3.05, 3.63) is 70.9 Å². The zero-order valence-corrected chi connectivity index (χ0v) is 20.5. The summed E-state index contributed by atoms with van der Waals surface area (Å²) in [5.74, 6) is 0.798. The van der Waals surface area contributed by atoms with Gasteiger partial charge < -0.3 is 19.3 Å². The van der Waals surface area contributed by atoms with Gasteiger partial charge >= 0.3 is 6.09 Å². The summed E-state index contributed by atoms with van der Waals surface area (Å²) in [5, 5.41) is 15.7. The van der Waals surface area contributed by atoms with E-state index >= 15 is 0 Å². The number of thiophene rings is 1. The molecule has 0 spiro atoms. The third kappa shape index (κ3) is 7.17. The Morgan fingerprint density at radius 2 is 2.03 bits per heavy atom. The first-order valence-corrected chi connectivity index (χ1v) is 12.3. The number of β-amino-alcohol motifs (C(OH)–C–C–N with tert-alkyl or cyclic N) is 1. The average Bonchev–Trinajstić information content (AvgIpc) is 3.43. The normalized spacial score (nSPS) is 16.6. The summed E-state index contributed by atoms with van der Waals surface area (Å²) in [6.07, 6.45) is -0.523. The molecule has 2 heterocycles. The van der Waals surface area contributed by atoms with E-state index in [-0.39, 0.29) is 18.5 Å². The van der Waals surface area contributed by atoms with E-state index in [2.05, 4.69) is 10.2 Å². The summed E-state index contributed by atoms with van der Waals surface area (Å²) >= 11 is 1.35. The number of halogens is 1. The molecule has 35 heavy (non-hydrogen) atoms. The Morgan fingerprint density at radius 3 is 2.77 bits per heavy atom. The SMILES string of the molecule is Cc1ccc(NC(=O)Oc2sccc2C)c(OCC(O)CN2CCC(Oc3ccc(F)cc3)C2)c1. The maximum absolute atomic E-state index is 13.1. The van der Waals surface area contributed by atoms with Crippen molar-refractivity contribution in [1.82, 2.24) is 4.90 Å². The second kappa shape index (κ2) is 11.5. The van der Waals surface area contributed by atoms with E-state index in [1.165, 1.54) is 23.5 Å². The van der Waals surface area contributed by atoms with Crippen LogP contribution in [0.3, 0.4) is 0 Å². The summed E-state index contributed by atoms with van der Waals surface area (Å²) in [6, 6.07) is 13.3. The minimum atomic E-state index is -0.728. The van der Waals surface area contributed by atoms with Gasteiger partial charge in [0.1, 0.15) is 36.1 Å². The lowest BCUT2D eigenvalue weighted by molar-refractivity contribution is 0.0722. The van der Waals surface area contributed by atoms with Gasteiger partial charge in [-0.1, -0.05) is 6.07 Å². The number of hydrogen-bond acceptors (Lipinski definition) is 7. The second-order valence-electron chi connectivity index (χ2n) is 8.61. The maximum atomic E-state index is 13.1. The molecule has 1 aromatic heterocycles. The molecule has 2 N–H and O–H groups in total. The monoisotopic (exact) mass is 500 g/mol. The number of nitrogens with zero attached hydrogens (tertiary/aromatic N) is 1. The molecule has 0 bridgehead atoms. The van der Waals surface area contributed by atoms with Crippen LogP contribution in [0.25, 0.3) is 0 Å². The van der Waals surface area contributed by atoms with Crippen LogP contribution >= 0.6 is 11.3 Å². The first-order valence-electron chi connectivity index (χ1n) is 11.4. The smallest absolute Gasteiger partial charge is 0.418 e. The van der Waals surface area contributed by atoms with E-state index in [1.807, 2.05) is 31.4 Å². The molecule has 2 unspecified atom stereocenters. The van der Waals surface area contributed by atoms with Gasteiger partial charge in [-0.3, -0.25) is 10.2 Å². The summed E-state index contributed by atoms with van der Waals surface area (Å²) in [7, 11) is 0. The lowest BCUT2D eigenvalue weighted by Gasteiger charge is -2.21. The molecule has 0 saturated carbocycles. The van der Waals surface area contributed by atoms with Gasteiger partial charge in [-0.2, -0.15) is 0 Å². The predicted octanol–water partition coefficient (Wildman–Crippen LogP) is 5.01. The van der Waals surface area contributed by atoms with Crippen molar-refractivity contribution in [3.63, 3.8) is 0 Å². The van der Waals surface area contributed by atoms with Crippen LogP contribution in [-0.2, 0) is 0 Å². The van der Waals surface area contributed by atoms with Crippen molar-refractivity contribution < 1.29 is 28.5 Å². The van der Waals surface area contributed by atoms with Crippen molar-refractivity contribution in [3.8, 4) is 16.6 Å². The average molecular weight is 501 g/mol. The van der Waals surface area contributed by atoms with Crippen molar-refractivity contribution in [2.75, 3.05) is 31.6 Å². The quantitative estimate of drug-likeness (QED) is 0.430. The molecule has 7 nitrogen and oxygen atoms in total. The molecule has 1 aliphatic heterocycles. The fourth-order valence-corrected chi connectivity index (χ4v) is 4.61. The van der Waals surface area contributed by atoms with Crippen LogP contribution < -0.4 is 19.5 Å². The number of aliphatic hydroxyl groups excluding tert-OH is 1. The third-order valence-corrected chi connectivity index (χ3v) is 6.51. The number of amides is 1. The maximum Gasteiger partial charge on any atom is 0.418 e. The van der Waals surface area contributed by atoms with Gasteiger partial charge in [-0.05, 0) is 73.7 Å². The number of carbonyl (C=O) groups excluding carboxylic acids is 1. The molecule has 4 rings (SSSR count). The molecule has 2 aromatic carbocycles. The Labute approximate surface area is 208 Å². The molecule has 0 radical (unpaired) electrons. The van der Waals surface area contributed by atoms with Crippen LogP contribution in [0, 0.1) is 19.7 Å². The lowest BCUT2D eigenvalue weighted by Crippen LogP contribution is -2.35. The van der Waals surface area contributed by atoms with Crippen LogP contribution in [0.5, 0.6) is 16.6 Å². The third-order valence-electron chi connectivity index (χ3n) is 5.62. The van der Waals surface area contributed by atoms with Crippen molar-refractivity contribution in [2.45, 2.75) is 32.5 Å². The molecule has 0 aliphatic carbocycles. The van der Waals surface area contributed by atoms with E-state index < -0.39 is 12.2 Å². The molecule has 3 aromatic rings. The van der Waals surface area contributed by atoms with Crippen LogP contribution in [0.4, 0.5) is 14.9 Å². The lowest BCUT2D eigenvalue weighted by atomic mass is 10.2. The van der Waals surface area contributed by atoms with E-state index in [4.69, 9.17) is 14.2 Å². The number of hydrogen-bond donors (Lipinski definition) is 2. The number of aryl methyl sites for hydroxylation is 2. The molecule has 1 amide bonds. The molecule has 1 fully saturated rings. The number of anilines is 1. The summed E-state index contributed by atoms with van der Waals surface area (Å²) in [6.45, 7) is 5.74. The fourth-order valence-electron chi connectivity index (χ4n) is 3.84. The fraction of sp³-hybridized carbons (Fsp3) is 0.346. The molecule has 9 heteroatoms. The molecule has 186 valence electrons. The predicted molar refractivity (Wildman–Crippen MR) is 133 cm³/mol. The number of aliphatic hydroxyl groups is 1. The summed E-state index contributed by atoms with van der Waals surface area (Å²) in [4.78, 5) is 14.5. The molecule has 1 aliphatic rings. The second-order valence-corrected chi connectivity index (χ2v) is 9.49. The number of rotatable bonds is 9. The van der Waals surface area contributed by atoms with Gasteiger partial charge in [0.2, 0.25) is 0 Å². The largest absolute Gasteiger partial charge is 0.489 e. The van der Waals surface area contributed by atoms with E-state index in [9.17, 15) is 14.3 Å². The minimum absolute atomic E-state index is 0.0147. The number of likely N-dealkylation sites (tertiary alicyclic amines) is 1. The van der Waals surface area contributed by atoms with Gasteiger partial charge in [-0.15, -0.1) is 11.3 Å². The Kier molecular flexibility index (Phi) is 8.22. The Morgan fingerprint density at radius 1 is 1.23 bits per heavy atom. The number of carbonyl (C=O) groups is 1. The molecular formula is C26H29FN2O5S. The Bertz CT molecular complexity index is 1140. The zero-order valence-electron chi connectivity index (χ0n) is 19.7. The number of nitrogens with one attached hydrogen (secondary N) is 1. The highest BCUT2D eigenvalue weighted by Crippen LogP contribution is 2.28. The van der Waals surface area contributed by atoms with E-state index in [0.717, 1.165) is 24.1 Å². The number of ether oxygens (including phenoxy) is 3. The molecule has 2 atom stereocenters. The van der Waals surface area contributed by atoms with Crippen molar-refractivity contribution >= 4 is 23.1 Å². The zero-order chi connectivity index (χ0) is 24.8. The first-order chi connectivity index (χ1) is 16.9. The molecular weight excluding hydrogens is 471 g/mol. The summed E-state index contributed by atoms with van der Waals surface area (Å²) < 4.78 is 30.2. The summed E-state index contributed by atoms with van der Waals surface area (Å²) in [5.41, 5.74) is 2.32. The number of benzene rings is 2. The van der Waals surface area contributed by atoms with Crippen molar-refractivity contribution in [2.24, 2.45) is 0 Å². The minimum Gasteiger partial charge on any atom is -0.489 e. The highest BCUT2D eigenvalue weighted by atomic mass is 32.1. The van der Waals surface area contributed by atoms with Crippen LogP contribution in [-0.4, -0.2) is 54.5 Å². The van der Waals surface area contributed by atoms with Gasteiger partial charge in [-0.25, -0.2) is 9.18 Å². The van der Waals surface area contributed by atoms with Crippen LogP contribution in [0.1, 0.15) is 17.5 Å².